The van der Waals surface area contributed by atoms with Gasteiger partial charge >= 0.3 is 30.2 Å². The predicted octanol–water partition coefficient (Wildman–Crippen LogP) is 5.50. The SMILES string of the molecule is CCCCCC(C)(C)OC(=O)NC(C(F)(F)F)(C(F)(F)F)C(F)(F)F. The largest absolute Gasteiger partial charge is 0.444 e. The number of ether oxygens (including phenoxy) is 1. The molecule has 0 aromatic rings. The van der Waals surface area contributed by atoms with Gasteiger partial charge in [0.2, 0.25) is 0 Å². The van der Waals surface area contributed by atoms with Crippen LogP contribution in [-0.4, -0.2) is 35.8 Å². The van der Waals surface area contributed by atoms with E-state index in [1.165, 1.54) is 13.8 Å². The molecule has 0 saturated carbocycles. The molecule has 3 nitrogen and oxygen atoms in total. The molecule has 25 heavy (non-hydrogen) atoms. The fourth-order valence-electron chi connectivity index (χ4n) is 1.98. The van der Waals surface area contributed by atoms with Gasteiger partial charge in [-0.3, -0.25) is 5.32 Å². The Morgan fingerprint density at radius 3 is 1.56 bits per heavy atom. The maximum atomic E-state index is 12.7. The Hall–Kier alpha value is -1.36. The molecule has 0 fully saturated rings. The number of hydrogen-bond donors (Lipinski definition) is 1. The summed E-state index contributed by atoms with van der Waals surface area (Å²) in [5.74, 6) is 0. The topological polar surface area (TPSA) is 38.3 Å². The van der Waals surface area contributed by atoms with Crippen molar-refractivity contribution in [3.05, 3.63) is 0 Å². The van der Waals surface area contributed by atoms with E-state index in [2.05, 4.69) is 4.74 Å². The normalized spacial score (nSPS) is 14.4. The molecule has 150 valence electrons. The zero-order valence-electron chi connectivity index (χ0n) is 13.5. The molecular formula is C13H18F9NO2. The Balaban J connectivity index is 5.59. The van der Waals surface area contributed by atoms with E-state index in [0.717, 1.165) is 6.42 Å². The molecule has 0 unspecified atom stereocenters. The maximum Gasteiger partial charge on any atom is 0.429 e. The highest BCUT2D eigenvalue weighted by Crippen LogP contribution is 2.52. The Bertz CT molecular complexity index is 416. The van der Waals surface area contributed by atoms with Crippen molar-refractivity contribution in [2.75, 3.05) is 0 Å². The van der Waals surface area contributed by atoms with Gasteiger partial charge in [0.25, 0.3) is 0 Å². The molecule has 1 amide bonds. The van der Waals surface area contributed by atoms with Crippen LogP contribution in [0.5, 0.6) is 0 Å². The van der Waals surface area contributed by atoms with Crippen LogP contribution in [0.3, 0.4) is 0 Å². The molecule has 0 aliphatic heterocycles. The molecule has 0 aromatic carbocycles. The fourth-order valence-corrected chi connectivity index (χ4v) is 1.98. The summed E-state index contributed by atoms with van der Waals surface area (Å²) >= 11 is 0. The smallest absolute Gasteiger partial charge is 0.429 e. The van der Waals surface area contributed by atoms with E-state index in [1.54, 1.807) is 0 Å². The zero-order valence-corrected chi connectivity index (χ0v) is 13.5. The monoisotopic (exact) mass is 391 g/mol. The lowest BCUT2D eigenvalue weighted by Crippen LogP contribution is -2.75. The molecule has 12 heteroatoms. The lowest BCUT2D eigenvalue weighted by Gasteiger charge is -2.39. The summed E-state index contributed by atoms with van der Waals surface area (Å²) in [6.45, 7) is 4.14. The number of alkyl carbamates (subject to hydrolysis) is 1. The molecule has 0 spiro atoms. The first-order chi connectivity index (χ1) is 10.9. The van der Waals surface area contributed by atoms with Crippen LogP contribution in [0.2, 0.25) is 0 Å². The lowest BCUT2D eigenvalue weighted by atomic mass is 9.97. The molecule has 0 rings (SSSR count). The van der Waals surface area contributed by atoms with Gasteiger partial charge in [-0.05, 0) is 26.7 Å². The van der Waals surface area contributed by atoms with Crippen LogP contribution in [0, 0.1) is 0 Å². The summed E-state index contributed by atoms with van der Waals surface area (Å²) in [5.41, 5.74) is -7.97. The minimum absolute atomic E-state index is 0.0393. The van der Waals surface area contributed by atoms with E-state index in [9.17, 15) is 44.3 Å². The first kappa shape index (κ1) is 23.6. The van der Waals surface area contributed by atoms with Crippen LogP contribution in [-0.2, 0) is 4.74 Å². The molecule has 0 radical (unpaired) electrons. The zero-order chi connectivity index (χ0) is 20.3. The summed E-state index contributed by atoms with van der Waals surface area (Å²) in [7, 11) is 0. The molecule has 1 N–H and O–H groups in total. The number of unbranched alkanes of at least 4 members (excludes halogenated alkanes) is 2. The Kier molecular flexibility index (Phi) is 7.08. The minimum Gasteiger partial charge on any atom is -0.444 e. The Morgan fingerprint density at radius 2 is 1.24 bits per heavy atom. The van der Waals surface area contributed by atoms with Crippen molar-refractivity contribution in [1.29, 1.82) is 0 Å². The third-order valence-electron chi connectivity index (χ3n) is 3.32. The fraction of sp³-hybridized carbons (Fsp3) is 0.923. The van der Waals surface area contributed by atoms with Crippen molar-refractivity contribution in [2.24, 2.45) is 0 Å². The third kappa shape index (κ3) is 5.56. The number of rotatable bonds is 6. The second-order valence-electron chi connectivity index (χ2n) is 5.97. The number of amides is 1. The highest BCUT2D eigenvalue weighted by molar-refractivity contribution is 5.69. The minimum atomic E-state index is -6.88. The Morgan fingerprint density at radius 1 is 0.840 bits per heavy atom. The van der Waals surface area contributed by atoms with Gasteiger partial charge in [0, 0.05) is 0 Å². The first-order valence-electron chi connectivity index (χ1n) is 7.12. The quantitative estimate of drug-likeness (QED) is 0.480. The van der Waals surface area contributed by atoms with E-state index < -0.39 is 35.8 Å². The summed E-state index contributed by atoms with van der Waals surface area (Å²) in [6, 6.07) is 0. The van der Waals surface area contributed by atoms with Crippen LogP contribution >= 0.6 is 0 Å². The summed E-state index contributed by atoms with van der Waals surface area (Å²) < 4.78 is 119. The number of alkyl halides is 9. The van der Waals surface area contributed by atoms with Gasteiger partial charge in [-0.15, -0.1) is 0 Å². The second-order valence-corrected chi connectivity index (χ2v) is 5.97. The second kappa shape index (κ2) is 7.48. The molecule has 0 saturated heterocycles. The van der Waals surface area contributed by atoms with Crippen molar-refractivity contribution in [3.63, 3.8) is 0 Å². The van der Waals surface area contributed by atoms with Crippen LogP contribution in [0.25, 0.3) is 0 Å². The predicted molar refractivity (Wildman–Crippen MR) is 68.7 cm³/mol. The van der Waals surface area contributed by atoms with Crippen molar-refractivity contribution < 1.29 is 49.0 Å². The third-order valence-corrected chi connectivity index (χ3v) is 3.32. The van der Waals surface area contributed by atoms with Crippen molar-refractivity contribution in [1.82, 2.24) is 5.32 Å². The summed E-state index contributed by atoms with van der Waals surface area (Å²) in [4.78, 5) is 11.4. The van der Waals surface area contributed by atoms with Gasteiger partial charge in [-0.1, -0.05) is 19.8 Å². The Labute approximate surface area is 137 Å². The molecule has 0 heterocycles. The van der Waals surface area contributed by atoms with Crippen molar-refractivity contribution in [3.8, 4) is 0 Å². The molecule has 0 atom stereocenters. The number of nitrogens with one attached hydrogen (secondary N) is 1. The van der Waals surface area contributed by atoms with Crippen LogP contribution in [0.1, 0.15) is 46.5 Å². The van der Waals surface area contributed by atoms with E-state index in [0.29, 0.717) is 12.8 Å². The maximum absolute atomic E-state index is 12.7. The molecule has 0 aliphatic rings. The van der Waals surface area contributed by atoms with Gasteiger partial charge in [0.1, 0.15) is 5.60 Å². The number of hydrogen-bond acceptors (Lipinski definition) is 2. The van der Waals surface area contributed by atoms with Crippen LogP contribution in [0.15, 0.2) is 0 Å². The van der Waals surface area contributed by atoms with Crippen LogP contribution < -0.4 is 5.32 Å². The summed E-state index contributed by atoms with van der Waals surface area (Å²) in [6.07, 6.45) is -21.3. The molecule has 0 aliphatic carbocycles. The highest BCUT2D eigenvalue weighted by Gasteiger charge is 2.85. The van der Waals surface area contributed by atoms with Gasteiger partial charge in [-0.2, -0.15) is 39.5 Å². The number of halogens is 9. The number of carbonyl (C=O) groups excluding carboxylic acids is 1. The molecule has 0 aromatic heterocycles. The van der Waals surface area contributed by atoms with E-state index in [4.69, 9.17) is 0 Å². The van der Waals surface area contributed by atoms with E-state index >= 15 is 0 Å². The van der Waals surface area contributed by atoms with Gasteiger partial charge in [0.15, 0.2) is 0 Å². The van der Waals surface area contributed by atoms with Crippen molar-refractivity contribution >= 4 is 6.09 Å². The van der Waals surface area contributed by atoms with Crippen LogP contribution in [0.4, 0.5) is 44.3 Å². The summed E-state index contributed by atoms with van der Waals surface area (Å²) in [5, 5.41) is -0.0393. The van der Waals surface area contributed by atoms with Gasteiger partial charge in [0.05, 0.1) is 0 Å². The first-order valence-corrected chi connectivity index (χ1v) is 7.12. The lowest BCUT2D eigenvalue weighted by molar-refractivity contribution is -0.387. The van der Waals surface area contributed by atoms with Crippen molar-refractivity contribution in [2.45, 2.75) is 76.1 Å². The van der Waals surface area contributed by atoms with Gasteiger partial charge in [-0.25, -0.2) is 4.79 Å². The van der Waals surface area contributed by atoms with Gasteiger partial charge < -0.3 is 4.74 Å². The average Bonchev–Trinajstić information content (AvgIpc) is 2.30. The standard InChI is InChI=1S/C13H18F9NO2/c1-4-5-6-7-9(2,3)25-8(24)23-10(11(14,15)16,12(17,18)19)13(20,21)22/h4-7H2,1-3H3,(H,23,24). The number of carbonyl (C=O) groups is 1. The average molecular weight is 391 g/mol. The highest BCUT2D eigenvalue weighted by atomic mass is 19.4. The van der Waals surface area contributed by atoms with E-state index in [1.807, 2.05) is 6.92 Å². The van der Waals surface area contributed by atoms with E-state index in [-0.39, 0.29) is 11.7 Å². The molecular weight excluding hydrogens is 373 g/mol. The molecule has 0 bridgehead atoms.